The molecule has 1 saturated heterocycles. The van der Waals surface area contributed by atoms with Gasteiger partial charge in [-0.3, -0.25) is 4.79 Å². The van der Waals surface area contributed by atoms with E-state index >= 15 is 0 Å². The Hall–Kier alpha value is -2.55. The number of anilines is 1. The van der Waals surface area contributed by atoms with E-state index < -0.39 is 34.8 Å². The Balaban J connectivity index is 1.62. The lowest BCUT2D eigenvalue weighted by Gasteiger charge is -2.36. The largest absolute Gasteiger partial charge is 0.484 e. The number of rotatable bonds is 4. The van der Waals surface area contributed by atoms with Gasteiger partial charge in [0.25, 0.3) is 5.91 Å². The standard InChI is InChI=1S/C19H16ClF5N2O2/c1-10-8-11(2-3-12(10)20)29-9-13(28)26-4-6-27(7-5-26)19-17(24)15(22)14(21)16(23)18(19)25/h2-3,8H,4-7,9H2,1H3. The van der Waals surface area contributed by atoms with Crippen LogP contribution >= 0.6 is 11.6 Å². The monoisotopic (exact) mass is 434 g/mol. The van der Waals surface area contributed by atoms with Gasteiger partial charge in [-0.1, -0.05) is 11.6 Å². The highest BCUT2D eigenvalue weighted by Crippen LogP contribution is 2.31. The van der Waals surface area contributed by atoms with Crippen LogP contribution in [0, 0.1) is 36.0 Å². The molecule has 0 unspecified atom stereocenters. The molecule has 0 spiro atoms. The van der Waals surface area contributed by atoms with Gasteiger partial charge in [0.2, 0.25) is 5.82 Å². The number of piperazine rings is 1. The third-order valence-corrected chi connectivity index (χ3v) is 5.05. The minimum absolute atomic E-state index is 0.0430. The first-order valence-electron chi connectivity index (χ1n) is 8.63. The Labute approximate surface area is 168 Å². The summed E-state index contributed by atoms with van der Waals surface area (Å²) in [6.07, 6.45) is 0. The van der Waals surface area contributed by atoms with Crippen LogP contribution in [0.25, 0.3) is 0 Å². The number of carbonyl (C=O) groups excluding carboxylic acids is 1. The minimum atomic E-state index is -2.20. The number of amides is 1. The zero-order valence-corrected chi connectivity index (χ0v) is 16.0. The first-order valence-corrected chi connectivity index (χ1v) is 9.01. The van der Waals surface area contributed by atoms with Crippen LogP contribution in [0.1, 0.15) is 5.56 Å². The lowest BCUT2D eigenvalue weighted by Crippen LogP contribution is -2.50. The fourth-order valence-electron chi connectivity index (χ4n) is 2.99. The van der Waals surface area contributed by atoms with E-state index in [4.69, 9.17) is 16.3 Å². The number of benzene rings is 2. The van der Waals surface area contributed by atoms with Gasteiger partial charge in [-0.2, -0.15) is 0 Å². The van der Waals surface area contributed by atoms with Gasteiger partial charge in [0, 0.05) is 31.2 Å². The van der Waals surface area contributed by atoms with Gasteiger partial charge >= 0.3 is 0 Å². The summed E-state index contributed by atoms with van der Waals surface area (Å²) in [4.78, 5) is 14.7. The molecule has 0 atom stereocenters. The fourth-order valence-corrected chi connectivity index (χ4v) is 3.11. The van der Waals surface area contributed by atoms with E-state index in [0.717, 1.165) is 10.5 Å². The number of carbonyl (C=O) groups is 1. The number of halogens is 6. The molecular formula is C19H16ClF5N2O2. The molecule has 0 N–H and O–H groups in total. The van der Waals surface area contributed by atoms with Crippen LogP contribution in [0.4, 0.5) is 27.6 Å². The average Bonchev–Trinajstić information content (AvgIpc) is 2.72. The minimum Gasteiger partial charge on any atom is -0.484 e. The molecule has 1 amide bonds. The molecule has 1 fully saturated rings. The molecule has 2 aromatic rings. The molecule has 1 heterocycles. The lowest BCUT2D eigenvalue weighted by atomic mass is 10.2. The van der Waals surface area contributed by atoms with Crippen molar-refractivity contribution >= 4 is 23.2 Å². The summed E-state index contributed by atoms with van der Waals surface area (Å²) in [5, 5.41) is 0.563. The van der Waals surface area contributed by atoms with Gasteiger partial charge in [0.15, 0.2) is 29.9 Å². The van der Waals surface area contributed by atoms with Crippen molar-refractivity contribution in [2.75, 3.05) is 37.7 Å². The number of nitrogens with zero attached hydrogens (tertiary/aromatic N) is 2. The molecule has 0 saturated carbocycles. The predicted molar refractivity (Wildman–Crippen MR) is 96.7 cm³/mol. The molecule has 1 aliphatic rings. The Kier molecular flexibility index (Phi) is 6.16. The van der Waals surface area contributed by atoms with Crippen molar-refractivity contribution in [3.05, 3.63) is 57.9 Å². The molecule has 4 nitrogen and oxygen atoms in total. The molecule has 1 aliphatic heterocycles. The van der Waals surface area contributed by atoms with Crippen molar-refractivity contribution in [1.29, 1.82) is 0 Å². The molecule has 29 heavy (non-hydrogen) atoms. The first kappa shape index (κ1) is 21.2. The molecule has 2 aromatic carbocycles. The van der Waals surface area contributed by atoms with Crippen molar-refractivity contribution in [1.82, 2.24) is 4.90 Å². The van der Waals surface area contributed by atoms with Crippen molar-refractivity contribution in [3.63, 3.8) is 0 Å². The zero-order chi connectivity index (χ0) is 21.3. The van der Waals surface area contributed by atoms with E-state index in [9.17, 15) is 26.7 Å². The quantitative estimate of drug-likeness (QED) is 0.413. The van der Waals surface area contributed by atoms with Crippen LogP contribution in [0.5, 0.6) is 5.75 Å². The van der Waals surface area contributed by atoms with Crippen LogP contribution in [0.15, 0.2) is 18.2 Å². The van der Waals surface area contributed by atoms with Gasteiger partial charge in [-0.05, 0) is 30.7 Å². The van der Waals surface area contributed by atoms with Gasteiger partial charge in [-0.15, -0.1) is 0 Å². The molecule has 0 bridgehead atoms. The van der Waals surface area contributed by atoms with Crippen LogP contribution < -0.4 is 9.64 Å². The summed E-state index contributed by atoms with van der Waals surface area (Å²) in [6, 6.07) is 4.93. The number of hydrogen-bond donors (Lipinski definition) is 0. The maximum atomic E-state index is 13.9. The topological polar surface area (TPSA) is 32.8 Å². The summed E-state index contributed by atoms with van der Waals surface area (Å²) in [5.74, 6) is -9.87. The second-order valence-electron chi connectivity index (χ2n) is 6.49. The highest BCUT2D eigenvalue weighted by atomic mass is 35.5. The third-order valence-electron chi connectivity index (χ3n) is 4.63. The van der Waals surface area contributed by atoms with E-state index in [0.29, 0.717) is 10.8 Å². The Morgan fingerprint density at radius 2 is 1.52 bits per heavy atom. The van der Waals surface area contributed by atoms with E-state index in [1.807, 2.05) is 0 Å². The summed E-state index contributed by atoms with van der Waals surface area (Å²) >= 11 is 5.92. The predicted octanol–water partition coefficient (Wildman–Crippen LogP) is 4.07. The molecule has 0 aliphatic carbocycles. The van der Waals surface area contributed by atoms with E-state index in [1.165, 1.54) is 4.90 Å². The van der Waals surface area contributed by atoms with Crippen molar-refractivity contribution in [2.24, 2.45) is 0 Å². The molecule has 0 aromatic heterocycles. The van der Waals surface area contributed by atoms with Gasteiger partial charge in [0.1, 0.15) is 11.4 Å². The summed E-state index contributed by atoms with van der Waals surface area (Å²) < 4.78 is 73.3. The second-order valence-corrected chi connectivity index (χ2v) is 6.89. The molecule has 3 rings (SSSR count). The Morgan fingerprint density at radius 3 is 2.07 bits per heavy atom. The maximum Gasteiger partial charge on any atom is 0.260 e. The highest BCUT2D eigenvalue weighted by Gasteiger charge is 2.31. The summed E-state index contributed by atoms with van der Waals surface area (Å²) in [6.45, 7) is 1.43. The van der Waals surface area contributed by atoms with Crippen LogP contribution in [-0.4, -0.2) is 43.6 Å². The van der Waals surface area contributed by atoms with E-state index in [2.05, 4.69) is 0 Å². The molecule has 10 heteroatoms. The summed E-state index contributed by atoms with van der Waals surface area (Å²) in [5.41, 5.74) is -0.200. The molecule has 156 valence electrons. The lowest BCUT2D eigenvalue weighted by molar-refractivity contribution is -0.133. The highest BCUT2D eigenvalue weighted by molar-refractivity contribution is 6.31. The average molecular weight is 435 g/mol. The van der Waals surface area contributed by atoms with Crippen molar-refractivity contribution < 1.29 is 31.5 Å². The van der Waals surface area contributed by atoms with Gasteiger partial charge < -0.3 is 14.5 Å². The Bertz CT molecular complexity index is 920. The zero-order valence-electron chi connectivity index (χ0n) is 15.2. The van der Waals surface area contributed by atoms with Crippen LogP contribution in [0.3, 0.4) is 0 Å². The van der Waals surface area contributed by atoms with Crippen molar-refractivity contribution in [2.45, 2.75) is 6.92 Å². The fraction of sp³-hybridized carbons (Fsp3) is 0.316. The van der Waals surface area contributed by atoms with Crippen LogP contribution in [0.2, 0.25) is 5.02 Å². The first-order chi connectivity index (χ1) is 13.7. The number of ether oxygens (including phenoxy) is 1. The number of aryl methyl sites for hydroxylation is 1. The van der Waals surface area contributed by atoms with Crippen LogP contribution in [-0.2, 0) is 4.79 Å². The SMILES string of the molecule is Cc1cc(OCC(=O)N2CCN(c3c(F)c(F)c(F)c(F)c3F)CC2)ccc1Cl. The van der Waals surface area contributed by atoms with Gasteiger partial charge in [0.05, 0.1) is 0 Å². The third kappa shape index (κ3) is 4.24. The normalized spacial score (nSPS) is 14.3. The second kappa shape index (κ2) is 8.44. The Morgan fingerprint density at radius 1 is 0.966 bits per heavy atom. The smallest absolute Gasteiger partial charge is 0.260 e. The number of hydrogen-bond acceptors (Lipinski definition) is 3. The van der Waals surface area contributed by atoms with E-state index in [-0.39, 0.29) is 38.7 Å². The maximum absolute atomic E-state index is 13.9. The van der Waals surface area contributed by atoms with Gasteiger partial charge in [-0.25, -0.2) is 22.0 Å². The van der Waals surface area contributed by atoms with E-state index in [1.54, 1.807) is 25.1 Å². The molecular weight excluding hydrogens is 419 g/mol. The van der Waals surface area contributed by atoms with Crippen molar-refractivity contribution in [3.8, 4) is 5.75 Å². The molecule has 0 radical (unpaired) electrons. The summed E-state index contributed by atoms with van der Waals surface area (Å²) in [7, 11) is 0.